The van der Waals surface area contributed by atoms with Crippen LogP contribution in [-0.4, -0.2) is 36.5 Å². The maximum absolute atomic E-state index is 12.0. The normalized spacial score (nSPS) is 26.9. The lowest BCUT2D eigenvalue weighted by Crippen LogP contribution is -2.39. The molecule has 0 bridgehead atoms. The average molecular weight is 266 g/mol. The summed E-state index contributed by atoms with van der Waals surface area (Å²) < 4.78 is 0. The van der Waals surface area contributed by atoms with Gasteiger partial charge in [-0.1, -0.05) is 32.6 Å². The molecule has 1 N–H and O–H groups in total. The number of carbonyl (C=O) groups is 1. The number of nitrogens with one attached hydrogen (secondary N) is 1. The Bertz CT molecular complexity index is 272. The van der Waals surface area contributed by atoms with Crippen molar-refractivity contribution in [1.82, 2.24) is 10.2 Å². The molecule has 3 nitrogen and oxygen atoms in total. The van der Waals surface area contributed by atoms with E-state index in [-0.39, 0.29) is 5.91 Å². The number of hydrogen-bond acceptors (Lipinski definition) is 2. The third-order valence-electron chi connectivity index (χ3n) is 4.62. The van der Waals surface area contributed by atoms with E-state index in [1.165, 1.54) is 64.5 Å². The van der Waals surface area contributed by atoms with Crippen molar-refractivity contribution >= 4 is 5.91 Å². The summed E-state index contributed by atoms with van der Waals surface area (Å²) in [5, 5.41) is 3.24. The summed E-state index contributed by atoms with van der Waals surface area (Å²) in [5.41, 5.74) is 0. The van der Waals surface area contributed by atoms with Crippen LogP contribution in [0.5, 0.6) is 0 Å². The number of amides is 1. The van der Waals surface area contributed by atoms with E-state index in [4.69, 9.17) is 0 Å². The van der Waals surface area contributed by atoms with Gasteiger partial charge in [0.25, 0.3) is 0 Å². The molecule has 3 heteroatoms. The molecule has 19 heavy (non-hydrogen) atoms. The molecule has 0 aromatic rings. The van der Waals surface area contributed by atoms with Gasteiger partial charge in [-0.05, 0) is 38.1 Å². The summed E-state index contributed by atoms with van der Waals surface area (Å²) in [6.45, 7) is 5.62. The number of hydrogen-bond donors (Lipinski definition) is 1. The van der Waals surface area contributed by atoms with E-state index in [0.29, 0.717) is 12.5 Å². The highest BCUT2D eigenvalue weighted by molar-refractivity contribution is 5.76. The van der Waals surface area contributed by atoms with Crippen molar-refractivity contribution in [2.45, 2.75) is 70.8 Å². The van der Waals surface area contributed by atoms with Crippen LogP contribution in [0.25, 0.3) is 0 Å². The van der Waals surface area contributed by atoms with Crippen molar-refractivity contribution in [3.63, 3.8) is 0 Å². The molecule has 1 saturated carbocycles. The Morgan fingerprint density at radius 3 is 2.53 bits per heavy atom. The van der Waals surface area contributed by atoms with Crippen LogP contribution in [0.4, 0.5) is 0 Å². The van der Waals surface area contributed by atoms with E-state index in [1.54, 1.807) is 0 Å². The fourth-order valence-electron chi connectivity index (χ4n) is 3.47. The molecule has 2 rings (SSSR count). The van der Waals surface area contributed by atoms with E-state index >= 15 is 0 Å². The molecule has 0 aromatic heterocycles. The Morgan fingerprint density at radius 2 is 1.84 bits per heavy atom. The zero-order valence-electron chi connectivity index (χ0n) is 12.5. The third-order valence-corrected chi connectivity index (χ3v) is 4.62. The van der Waals surface area contributed by atoms with Gasteiger partial charge in [-0.2, -0.15) is 0 Å². The molecule has 1 aliphatic carbocycles. The van der Waals surface area contributed by atoms with Gasteiger partial charge >= 0.3 is 0 Å². The second-order valence-electron chi connectivity index (χ2n) is 6.55. The number of carbonyl (C=O) groups excluding carboxylic acids is 1. The molecule has 1 saturated heterocycles. The average Bonchev–Trinajstić information content (AvgIpc) is 2.65. The maximum atomic E-state index is 12.0. The number of piperidine rings is 1. The van der Waals surface area contributed by atoms with E-state index in [9.17, 15) is 4.79 Å². The van der Waals surface area contributed by atoms with Gasteiger partial charge in [0, 0.05) is 25.6 Å². The molecule has 1 heterocycles. The molecule has 1 amide bonds. The Kier molecular flexibility index (Phi) is 6.15. The quantitative estimate of drug-likeness (QED) is 0.794. The van der Waals surface area contributed by atoms with Crippen LogP contribution in [-0.2, 0) is 4.79 Å². The lowest BCUT2D eigenvalue weighted by Gasteiger charge is -2.30. The van der Waals surface area contributed by atoms with Crippen LogP contribution in [0, 0.1) is 5.92 Å². The molecule has 2 aliphatic rings. The SMILES string of the molecule is CC1CCCN(CCC(=O)NC2CCCCCC2)C1. The summed E-state index contributed by atoms with van der Waals surface area (Å²) in [6.07, 6.45) is 11.0. The summed E-state index contributed by atoms with van der Waals surface area (Å²) in [5.74, 6) is 1.07. The fraction of sp³-hybridized carbons (Fsp3) is 0.938. The van der Waals surface area contributed by atoms with E-state index in [2.05, 4.69) is 17.1 Å². The van der Waals surface area contributed by atoms with Crippen LogP contribution in [0.15, 0.2) is 0 Å². The Hall–Kier alpha value is -0.570. The second-order valence-corrected chi connectivity index (χ2v) is 6.55. The first-order chi connectivity index (χ1) is 9.24. The third kappa shape index (κ3) is 5.52. The number of nitrogens with zero attached hydrogens (tertiary/aromatic N) is 1. The van der Waals surface area contributed by atoms with Crippen molar-refractivity contribution in [3.8, 4) is 0 Å². The van der Waals surface area contributed by atoms with Gasteiger partial charge in [0.15, 0.2) is 0 Å². The van der Waals surface area contributed by atoms with Crippen LogP contribution in [0.2, 0.25) is 0 Å². The van der Waals surface area contributed by atoms with Gasteiger partial charge in [0.05, 0.1) is 0 Å². The van der Waals surface area contributed by atoms with E-state index in [1.807, 2.05) is 0 Å². The minimum atomic E-state index is 0.269. The first kappa shape index (κ1) is 14.8. The first-order valence-electron chi connectivity index (χ1n) is 8.26. The van der Waals surface area contributed by atoms with Crippen LogP contribution in [0.1, 0.15) is 64.7 Å². The van der Waals surface area contributed by atoms with Crippen molar-refractivity contribution in [2.24, 2.45) is 5.92 Å². The van der Waals surface area contributed by atoms with Gasteiger partial charge in [0.2, 0.25) is 5.91 Å². The minimum absolute atomic E-state index is 0.269. The summed E-state index contributed by atoms with van der Waals surface area (Å²) in [4.78, 5) is 14.5. The van der Waals surface area contributed by atoms with Crippen molar-refractivity contribution < 1.29 is 4.79 Å². The first-order valence-corrected chi connectivity index (χ1v) is 8.26. The fourth-order valence-corrected chi connectivity index (χ4v) is 3.47. The molecule has 110 valence electrons. The smallest absolute Gasteiger partial charge is 0.221 e. The van der Waals surface area contributed by atoms with Crippen molar-refractivity contribution in [1.29, 1.82) is 0 Å². The highest BCUT2D eigenvalue weighted by atomic mass is 16.1. The largest absolute Gasteiger partial charge is 0.353 e. The predicted octanol–water partition coefficient (Wildman–Crippen LogP) is 2.95. The lowest BCUT2D eigenvalue weighted by molar-refractivity contribution is -0.122. The maximum Gasteiger partial charge on any atom is 0.221 e. The second kappa shape index (κ2) is 7.88. The molecule has 1 unspecified atom stereocenters. The molecule has 0 spiro atoms. The standard InChI is InChI=1S/C16H30N2O/c1-14-7-6-11-18(13-14)12-10-16(19)17-15-8-4-2-3-5-9-15/h14-15H,2-13H2,1H3,(H,17,19). The highest BCUT2D eigenvalue weighted by Gasteiger charge is 2.18. The van der Waals surface area contributed by atoms with Gasteiger partial charge in [-0.25, -0.2) is 0 Å². The predicted molar refractivity (Wildman–Crippen MR) is 79.1 cm³/mol. The minimum Gasteiger partial charge on any atom is -0.353 e. The monoisotopic (exact) mass is 266 g/mol. The zero-order valence-corrected chi connectivity index (χ0v) is 12.5. The highest BCUT2D eigenvalue weighted by Crippen LogP contribution is 2.18. The van der Waals surface area contributed by atoms with E-state index < -0.39 is 0 Å². The Balaban J connectivity index is 1.63. The summed E-state index contributed by atoms with van der Waals surface area (Å²) >= 11 is 0. The Labute approximate surface area is 118 Å². The Morgan fingerprint density at radius 1 is 1.11 bits per heavy atom. The molecule has 2 fully saturated rings. The van der Waals surface area contributed by atoms with Gasteiger partial charge < -0.3 is 10.2 Å². The van der Waals surface area contributed by atoms with Crippen LogP contribution >= 0.6 is 0 Å². The zero-order chi connectivity index (χ0) is 13.5. The molecule has 1 atom stereocenters. The summed E-state index contributed by atoms with van der Waals surface area (Å²) in [7, 11) is 0. The molecular formula is C16H30N2O. The van der Waals surface area contributed by atoms with Gasteiger partial charge in [0.1, 0.15) is 0 Å². The molecule has 1 aliphatic heterocycles. The van der Waals surface area contributed by atoms with E-state index in [0.717, 1.165) is 12.5 Å². The van der Waals surface area contributed by atoms with Gasteiger partial charge in [-0.3, -0.25) is 4.79 Å². The molecule has 0 aromatic carbocycles. The molecule has 0 radical (unpaired) electrons. The number of likely N-dealkylation sites (tertiary alicyclic amines) is 1. The van der Waals surface area contributed by atoms with Crippen LogP contribution in [0.3, 0.4) is 0 Å². The van der Waals surface area contributed by atoms with Crippen molar-refractivity contribution in [2.75, 3.05) is 19.6 Å². The van der Waals surface area contributed by atoms with Crippen LogP contribution < -0.4 is 5.32 Å². The number of rotatable bonds is 4. The summed E-state index contributed by atoms with van der Waals surface area (Å²) in [6, 6.07) is 0.454. The lowest BCUT2D eigenvalue weighted by atomic mass is 10.0. The van der Waals surface area contributed by atoms with Gasteiger partial charge in [-0.15, -0.1) is 0 Å². The molecular weight excluding hydrogens is 236 g/mol. The van der Waals surface area contributed by atoms with Crippen molar-refractivity contribution in [3.05, 3.63) is 0 Å². The topological polar surface area (TPSA) is 32.3 Å².